The molecule has 9 nitrogen and oxygen atoms in total. The number of unbranched alkanes of at least 4 members (excludes halogenated alkanes) is 3. The van der Waals surface area contributed by atoms with Gasteiger partial charge in [-0.3, -0.25) is 0 Å². The maximum atomic E-state index is 13.9. The first kappa shape index (κ1) is 35.0. The number of aromatic carboxylic acids is 1. The average molecular weight is 646 g/mol. The van der Waals surface area contributed by atoms with Gasteiger partial charge in [-0.2, -0.15) is 5.26 Å². The van der Waals surface area contributed by atoms with E-state index in [0.29, 0.717) is 11.6 Å². The summed E-state index contributed by atoms with van der Waals surface area (Å²) in [6.07, 6.45) is 15.1. The van der Waals surface area contributed by atoms with Crippen LogP contribution in [0.3, 0.4) is 0 Å². The SMILES string of the molecule is CCCCCc1cnc(-c2ccc(C(=O)O)cc2)nc1.CCCCc1cnc(-c2ccc(C(=O)Oc3ccc(C#N)cc3F)cc2)nc1. The van der Waals surface area contributed by atoms with Crippen LogP contribution in [0.15, 0.2) is 91.5 Å². The van der Waals surface area contributed by atoms with E-state index in [-0.39, 0.29) is 22.4 Å². The lowest BCUT2D eigenvalue weighted by Gasteiger charge is -2.07. The van der Waals surface area contributed by atoms with Gasteiger partial charge in [-0.05, 0) is 79.3 Å². The predicted octanol–water partition coefficient (Wildman–Crippen LogP) is 8.29. The molecule has 0 unspecified atom stereocenters. The molecule has 0 aliphatic carbocycles. The number of rotatable bonds is 12. The van der Waals surface area contributed by atoms with E-state index in [2.05, 4.69) is 33.8 Å². The molecule has 0 bridgehead atoms. The summed E-state index contributed by atoms with van der Waals surface area (Å²) in [4.78, 5) is 40.4. The van der Waals surface area contributed by atoms with Crippen LogP contribution in [0.1, 0.15) is 83.4 Å². The Balaban J connectivity index is 0.000000229. The number of benzene rings is 3. The van der Waals surface area contributed by atoms with E-state index in [9.17, 15) is 14.0 Å². The van der Waals surface area contributed by atoms with Crippen LogP contribution in [-0.2, 0) is 12.8 Å². The molecule has 2 aromatic heterocycles. The van der Waals surface area contributed by atoms with Crippen LogP contribution in [0.5, 0.6) is 5.75 Å². The third-order valence-electron chi connectivity index (χ3n) is 7.33. The number of hydrogen-bond donors (Lipinski definition) is 1. The molecule has 0 atom stereocenters. The van der Waals surface area contributed by atoms with Crippen molar-refractivity contribution in [1.82, 2.24) is 19.9 Å². The standard InChI is InChI=1S/C22H18FN3O2.C16H18N2O2/c1-2-3-4-16-13-25-21(26-14-16)17-6-8-18(9-7-17)22(27)28-20-10-5-15(12-24)11-19(20)23;1-2-3-4-5-12-10-17-15(18-11-12)13-6-8-14(9-7-13)16(19)20/h5-11,13-14H,2-4H2,1H3;6-11H,2-5H2,1H3,(H,19,20). The molecule has 0 saturated carbocycles. The van der Waals surface area contributed by atoms with Crippen molar-refractivity contribution >= 4 is 11.9 Å². The lowest BCUT2D eigenvalue weighted by Crippen LogP contribution is -2.09. The Kier molecular flexibility index (Phi) is 13.0. The molecular weight excluding hydrogens is 609 g/mol. The van der Waals surface area contributed by atoms with E-state index in [1.807, 2.05) is 30.9 Å². The molecule has 244 valence electrons. The number of carbonyl (C=O) groups is 2. The zero-order chi connectivity index (χ0) is 34.3. The highest BCUT2D eigenvalue weighted by Crippen LogP contribution is 2.21. The number of halogens is 1. The second-order valence-electron chi connectivity index (χ2n) is 11.0. The van der Waals surface area contributed by atoms with Gasteiger partial charge in [-0.1, -0.05) is 57.4 Å². The van der Waals surface area contributed by atoms with Gasteiger partial charge in [0.25, 0.3) is 0 Å². The van der Waals surface area contributed by atoms with Crippen molar-refractivity contribution in [3.8, 4) is 34.6 Å². The topological polar surface area (TPSA) is 139 Å². The minimum atomic E-state index is -0.927. The maximum Gasteiger partial charge on any atom is 0.343 e. The Labute approximate surface area is 279 Å². The van der Waals surface area contributed by atoms with Crippen LogP contribution in [0.25, 0.3) is 22.8 Å². The Morgan fingerprint density at radius 1 is 0.729 bits per heavy atom. The molecule has 0 spiro atoms. The Hall–Kier alpha value is -5.82. The highest BCUT2D eigenvalue weighted by molar-refractivity contribution is 5.91. The summed E-state index contributed by atoms with van der Waals surface area (Å²) in [5, 5.41) is 17.6. The number of hydrogen-bond acceptors (Lipinski definition) is 8. The van der Waals surface area contributed by atoms with Crippen molar-refractivity contribution in [2.75, 3.05) is 0 Å². The lowest BCUT2D eigenvalue weighted by atomic mass is 10.1. The third-order valence-corrected chi connectivity index (χ3v) is 7.33. The van der Waals surface area contributed by atoms with E-state index in [4.69, 9.17) is 15.1 Å². The normalized spacial score (nSPS) is 10.4. The predicted molar refractivity (Wildman–Crippen MR) is 180 cm³/mol. The summed E-state index contributed by atoms with van der Waals surface area (Å²) in [5.74, 6) is -1.41. The number of ether oxygens (including phenoxy) is 1. The summed E-state index contributed by atoms with van der Waals surface area (Å²) < 4.78 is 18.9. The van der Waals surface area contributed by atoms with Gasteiger partial charge in [0.05, 0.1) is 22.8 Å². The Bertz CT molecular complexity index is 1840. The van der Waals surface area contributed by atoms with Crippen LogP contribution in [0.2, 0.25) is 0 Å². The van der Waals surface area contributed by atoms with Crippen molar-refractivity contribution in [2.24, 2.45) is 0 Å². The van der Waals surface area contributed by atoms with Crippen LogP contribution in [0, 0.1) is 17.1 Å². The molecule has 2 heterocycles. The minimum absolute atomic E-state index is 0.155. The number of carboxylic acid groups (broad SMARTS) is 1. The van der Waals surface area contributed by atoms with E-state index in [1.165, 1.54) is 25.0 Å². The molecule has 5 aromatic rings. The molecule has 0 aliphatic rings. The van der Waals surface area contributed by atoms with Gasteiger partial charge < -0.3 is 9.84 Å². The second kappa shape index (κ2) is 17.8. The van der Waals surface area contributed by atoms with Crippen molar-refractivity contribution in [2.45, 2.75) is 58.8 Å². The van der Waals surface area contributed by atoms with Gasteiger partial charge in [0.2, 0.25) is 0 Å². The maximum absolute atomic E-state index is 13.9. The summed E-state index contributed by atoms with van der Waals surface area (Å²) in [6.45, 7) is 4.32. The first-order valence-corrected chi connectivity index (χ1v) is 15.8. The molecule has 0 fully saturated rings. The minimum Gasteiger partial charge on any atom is -0.478 e. The van der Waals surface area contributed by atoms with Crippen LogP contribution in [-0.4, -0.2) is 37.0 Å². The summed E-state index contributed by atoms with van der Waals surface area (Å²) in [7, 11) is 0. The quantitative estimate of drug-likeness (QED) is 0.0806. The molecule has 0 radical (unpaired) electrons. The fraction of sp³-hybridized carbons (Fsp3) is 0.237. The number of aryl methyl sites for hydroxylation is 2. The number of carbonyl (C=O) groups excluding carboxylic acids is 1. The summed E-state index contributed by atoms with van der Waals surface area (Å²) in [5.41, 5.74) is 4.53. The molecule has 48 heavy (non-hydrogen) atoms. The molecule has 5 rings (SSSR count). The smallest absolute Gasteiger partial charge is 0.343 e. The fourth-order valence-electron chi connectivity index (χ4n) is 4.56. The Morgan fingerprint density at radius 2 is 1.23 bits per heavy atom. The van der Waals surface area contributed by atoms with E-state index >= 15 is 0 Å². The molecule has 0 aliphatic heterocycles. The van der Waals surface area contributed by atoms with Crippen LogP contribution < -0.4 is 4.74 Å². The van der Waals surface area contributed by atoms with Crippen molar-refractivity contribution in [3.63, 3.8) is 0 Å². The molecule has 0 amide bonds. The second-order valence-corrected chi connectivity index (χ2v) is 11.0. The molecule has 10 heteroatoms. The molecule has 1 N–H and O–H groups in total. The molecule has 3 aromatic carbocycles. The first-order valence-electron chi connectivity index (χ1n) is 15.8. The zero-order valence-electron chi connectivity index (χ0n) is 26.9. The van der Waals surface area contributed by atoms with E-state index in [0.717, 1.165) is 60.4 Å². The summed E-state index contributed by atoms with van der Waals surface area (Å²) in [6, 6.07) is 18.7. The number of aromatic nitrogens is 4. The van der Waals surface area contributed by atoms with Gasteiger partial charge in [0.15, 0.2) is 23.2 Å². The van der Waals surface area contributed by atoms with Gasteiger partial charge in [-0.15, -0.1) is 0 Å². The monoisotopic (exact) mass is 645 g/mol. The number of carboxylic acids is 1. The van der Waals surface area contributed by atoms with Gasteiger partial charge in [0, 0.05) is 35.9 Å². The van der Waals surface area contributed by atoms with Gasteiger partial charge in [0.1, 0.15) is 0 Å². The van der Waals surface area contributed by atoms with E-state index < -0.39 is 17.8 Å². The van der Waals surface area contributed by atoms with Gasteiger partial charge >= 0.3 is 11.9 Å². The largest absolute Gasteiger partial charge is 0.478 e. The first-order chi connectivity index (χ1) is 23.3. The number of esters is 1. The van der Waals surface area contributed by atoms with Gasteiger partial charge in [-0.25, -0.2) is 33.9 Å². The van der Waals surface area contributed by atoms with Crippen LogP contribution in [0.4, 0.5) is 4.39 Å². The lowest BCUT2D eigenvalue weighted by molar-refractivity contribution is 0.0694. The van der Waals surface area contributed by atoms with Crippen LogP contribution >= 0.6 is 0 Å². The molecular formula is C38H36FN5O4. The number of nitrogens with zero attached hydrogens (tertiary/aromatic N) is 5. The molecule has 0 saturated heterocycles. The van der Waals surface area contributed by atoms with Crippen molar-refractivity contribution in [1.29, 1.82) is 5.26 Å². The van der Waals surface area contributed by atoms with E-state index in [1.54, 1.807) is 48.5 Å². The highest BCUT2D eigenvalue weighted by atomic mass is 19.1. The highest BCUT2D eigenvalue weighted by Gasteiger charge is 2.13. The summed E-state index contributed by atoms with van der Waals surface area (Å²) >= 11 is 0. The fourth-order valence-corrected chi connectivity index (χ4v) is 4.56. The average Bonchev–Trinajstić information content (AvgIpc) is 3.12. The Morgan fingerprint density at radius 3 is 1.69 bits per heavy atom. The van der Waals surface area contributed by atoms with Crippen molar-refractivity contribution < 1.29 is 23.8 Å². The van der Waals surface area contributed by atoms with Crippen molar-refractivity contribution in [3.05, 3.63) is 125 Å². The zero-order valence-corrected chi connectivity index (χ0v) is 26.9. The number of nitriles is 1. The third kappa shape index (κ3) is 10.1.